The van der Waals surface area contributed by atoms with Crippen molar-refractivity contribution in [2.75, 3.05) is 25.5 Å². The monoisotopic (exact) mass is 288 g/mol. The lowest BCUT2D eigenvalue weighted by Gasteiger charge is -2.17. The van der Waals surface area contributed by atoms with E-state index in [1.54, 1.807) is 7.05 Å². The first-order chi connectivity index (χ1) is 10.0. The first-order valence-electron chi connectivity index (χ1n) is 6.78. The highest BCUT2D eigenvalue weighted by atomic mass is 16.3. The smallest absolute Gasteiger partial charge is 0.321 e. The zero-order valence-electron chi connectivity index (χ0n) is 12.5. The number of urea groups is 1. The van der Waals surface area contributed by atoms with Gasteiger partial charge in [-0.15, -0.1) is 0 Å². The molecule has 0 unspecified atom stereocenters. The third-order valence-corrected chi connectivity index (χ3v) is 3.13. The van der Waals surface area contributed by atoms with Crippen LogP contribution in [0.2, 0.25) is 0 Å². The number of anilines is 1. The third kappa shape index (κ3) is 3.61. The minimum absolute atomic E-state index is 0.0598. The number of carbonyl (C=O) groups excluding carboxylic acids is 1. The number of rotatable bonds is 4. The van der Waals surface area contributed by atoms with E-state index >= 15 is 0 Å². The summed E-state index contributed by atoms with van der Waals surface area (Å²) in [6.45, 7) is 4.16. The first-order valence-corrected chi connectivity index (χ1v) is 6.78. The van der Waals surface area contributed by atoms with Crippen molar-refractivity contribution < 1.29 is 9.90 Å². The maximum Gasteiger partial charge on any atom is 0.321 e. The number of hydrogen-bond donors (Lipinski definition) is 2. The maximum atomic E-state index is 11.9. The van der Waals surface area contributed by atoms with Crippen LogP contribution in [0, 0.1) is 13.8 Å². The summed E-state index contributed by atoms with van der Waals surface area (Å²) >= 11 is 0. The van der Waals surface area contributed by atoms with Crippen molar-refractivity contribution >= 4 is 11.7 Å². The lowest BCUT2D eigenvalue weighted by atomic mass is 10.2. The van der Waals surface area contributed by atoms with Gasteiger partial charge in [0.25, 0.3) is 0 Å². The fraction of sp³-hybridized carbons (Fsp3) is 0.333. The first kappa shape index (κ1) is 15.1. The minimum Gasteiger partial charge on any atom is -0.395 e. The molecule has 2 aromatic rings. The van der Waals surface area contributed by atoms with E-state index in [-0.39, 0.29) is 12.6 Å². The van der Waals surface area contributed by atoms with Gasteiger partial charge in [-0.3, -0.25) is 0 Å². The lowest BCUT2D eigenvalue weighted by molar-refractivity contribution is 0.202. The molecule has 1 heterocycles. The van der Waals surface area contributed by atoms with Crippen LogP contribution in [0.3, 0.4) is 0 Å². The predicted octanol–water partition coefficient (Wildman–Crippen LogP) is 1.95. The highest BCUT2D eigenvalue weighted by Gasteiger charge is 2.09. The second kappa shape index (κ2) is 6.41. The number of aliphatic hydroxyl groups excluding tert-OH is 1. The fourth-order valence-electron chi connectivity index (χ4n) is 2.08. The quantitative estimate of drug-likeness (QED) is 0.903. The molecule has 0 aliphatic carbocycles. The lowest BCUT2D eigenvalue weighted by Crippen LogP contribution is -2.33. The third-order valence-electron chi connectivity index (χ3n) is 3.13. The van der Waals surface area contributed by atoms with Gasteiger partial charge in [0.15, 0.2) is 0 Å². The van der Waals surface area contributed by atoms with Gasteiger partial charge in [-0.25, -0.2) is 9.48 Å². The van der Waals surface area contributed by atoms with Gasteiger partial charge in [0.2, 0.25) is 0 Å². The van der Waals surface area contributed by atoms with Gasteiger partial charge in [-0.2, -0.15) is 5.10 Å². The van der Waals surface area contributed by atoms with Gasteiger partial charge in [0.1, 0.15) is 0 Å². The SMILES string of the molecule is Cc1cc(C)n(-c2cccc(NC(=O)N(C)CCO)c2)n1. The van der Waals surface area contributed by atoms with Crippen molar-refractivity contribution in [3.63, 3.8) is 0 Å². The zero-order chi connectivity index (χ0) is 15.4. The van der Waals surface area contributed by atoms with E-state index in [2.05, 4.69) is 10.4 Å². The number of aryl methyl sites for hydroxylation is 2. The predicted molar refractivity (Wildman–Crippen MR) is 81.8 cm³/mol. The summed E-state index contributed by atoms with van der Waals surface area (Å²) in [6, 6.07) is 9.24. The maximum absolute atomic E-state index is 11.9. The number of nitrogens with one attached hydrogen (secondary N) is 1. The Kier molecular flexibility index (Phi) is 4.59. The summed E-state index contributed by atoms with van der Waals surface area (Å²) in [5.74, 6) is 0. The summed E-state index contributed by atoms with van der Waals surface area (Å²) in [6.07, 6.45) is 0. The van der Waals surface area contributed by atoms with E-state index in [1.807, 2.05) is 48.9 Å². The number of hydrogen-bond acceptors (Lipinski definition) is 3. The number of benzene rings is 1. The van der Waals surface area contributed by atoms with Crippen LogP contribution in [0.1, 0.15) is 11.4 Å². The molecule has 2 amide bonds. The molecule has 0 radical (unpaired) electrons. The van der Waals surface area contributed by atoms with E-state index < -0.39 is 0 Å². The minimum atomic E-state index is -0.255. The Balaban J connectivity index is 2.18. The van der Waals surface area contributed by atoms with Gasteiger partial charge in [0.05, 0.1) is 18.0 Å². The number of likely N-dealkylation sites (N-methyl/N-ethyl adjacent to an activating group) is 1. The van der Waals surface area contributed by atoms with Gasteiger partial charge >= 0.3 is 6.03 Å². The molecule has 0 atom stereocenters. The fourth-order valence-corrected chi connectivity index (χ4v) is 2.08. The van der Waals surface area contributed by atoms with Crippen LogP contribution in [0.15, 0.2) is 30.3 Å². The van der Waals surface area contributed by atoms with E-state index in [0.29, 0.717) is 12.2 Å². The Morgan fingerprint density at radius 1 is 1.38 bits per heavy atom. The molecule has 112 valence electrons. The summed E-state index contributed by atoms with van der Waals surface area (Å²) < 4.78 is 1.84. The van der Waals surface area contributed by atoms with Crippen LogP contribution in [0.4, 0.5) is 10.5 Å². The molecular formula is C15H20N4O2. The van der Waals surface area contributed by atoms with Gasteiger partial charge in [-0.1, -0.05) is 6.07 Å². The molecule has 2 rings (SSSR count). The van der Waals surface area contributed by atoms with Crippen molar-refractivity contribution in [2.45, 2.75) is 13.8 Å². The molecule has 0 bridgehead atoms. The Labute approximate surface area is 124 Å². The number of aliphatic hydroxyl groups is 1. The van der Waals surface area contributed by atoms with Crippen LogP contribution in [0.25, 0.3) is 5.69 Å². The van der Waals surface area contributed by atoms with Crippen molar-refractivity contribution in [3.8, 4) is 5.69 Å². The summed E-state index contributed by atoms with van der Waals surface area (Å²) in [4.78, 5) is 13.3. The van der Waals surface area contributed by atoms with Crippen LogP contribution in [-0.4, -0.2) is 46.0 Å². The highest BCUT2D eigenvalue weighted by molar-refractivity contribution is 5.89. The van der Waals surface area contributed by atoms with E-state index in [9.17, 15) is 4.79 Å². The topological polar surface area (TPSA) is 70.4 Å². The molecule has 0 aliphatic heterocycles. The van der Waals surface area contributed by atoms with E-state index in [0.717, 1.165) is 17.1 Å². The number of amides is 2. The Hall–Kier alpha value is -2.34. The van der Waals surface area contributed by atoms with Crippen LogP contribution in [-0.2, 0) is 0 Å². The van der Waals surface area contributed by atoms with Crippen LogP contribution in [0.5, 0.6) is 0 Å². The van der Waals surface area contributed by atoms with Crippen LogP contribution < -0.4 is 5.32 Å². The highest BCUT2D eigenvalue weighted by Crippen LogP contribution is 2.17. The molecule has 0 saturated heterocycles. The Morgan fingerprint density at radius 2 is 2.14 bits per heavy atom. The Morgan fingerprint density at radius 3 is 2.76 bits per heavy atom. The number of nitrogens with zero attached hydrogens (tertiary/aromatic N) is 3. The molecule has 2 N–H and O–H groups in total. The summed E-state index contributed by atoms with van der Waals surface area (Å²) in [7, 11) is 1.64. The average Bonchev–Trinajstić information content (AvgIpc) is 2.78. The largest absolute Gasteiger partial charge is 0.395 e. The van der Waals surface area contributed by atoms with Gasteiger partial charge in [0, 0.05) is 25.0 Å². The van der Waals surface area contributed by atoms with Crippen molar-refractivity contribution in [1.29, 1.82) is 0 Å². The normalized spacial score (nSPS) is 10.5. The van der Waals surface area contributed by atoms with Crippen molar-refractivity contribution in [1.82, 2.24) is 14.7 Å². The molecule has 1 aromatic carbocycles. The molecule has 6 nitrogen and oxygen atoms in total. The van der Waals surface area contributed by atoms with E-state index in [1.165, 1.54) is 4.90 Å². The molecule has 0 spiro atoms. The van der Waals surface area contributed by atoms with Gasteiger partial charge in [-0.05, 0) is 38.1 Å². The molecular weight excluding hydrogens is 268 g/mol. The second-order valence-electron chi connectivity index (χ2n) is 4.96. The Bertz CT molecular complexity index is 636. The standard InChI is InChI=1S/C15H20N4O2/c1-11-9-12(2)19(17-11)14-6-4-5-13(10-14)16-15(21)18(3)7-8-20/h4-6,9-10,20H,7-8H2,1-3H3,(H,16,21). The zero-order valence-corrected chi connectivity index (χ0v) is 12.5. The number of aromatic nitrogens is 2. The molecule has 1 aromatic heterocycles. The molecule has 0 aliphatic rings. The molecule has 6 heteroatoms. The molecule has 0 fully saturated rings. The number of carbonyl (C=O) groups is 1. The second-order valence-corrected chi connectivity index (χ2v) is 4.96. The summed E-state index contributed by atoms with van der Waals surface area (Å²) in [5, 5.41) is 16.1. The molecule has 21 heavy (non-hydrogen) atoms. The summed E-state index contributed by atoms with van der Waals surface area (Å²) in [5.41, 5.74) is 3.57. The average molecular weight is 288 g/mol. The molecule has 0 saturated carbocycles. The van der Waals surface area contributed by atoms with Gasteiger partial charge < -0.3 is 15.3 Å². The van der Waals surface area contributed by atoms with Crippen LogP contribution >= 0.6 is 0 Å². The van der Waals surface area contributed by atoms with Crippen molar-refractivity contribution in [2.24, 2.45) is 0 Å². The van der Waals surface area contributed by atoms with E-state index in [4.69, 9.17) is 5.11 Å². The van der Waals surface area contributed by atoms with Crippen molar-refractivity contribution in [3.05, 3.63) is 41.7 Å².